The Balaban J connectivity index is 1.39. The number of carboxylic acids is 1. The maximum atomic E-state index is 15.6. The fraction of sp³-hybridized carbons (Fsp3) is 0.553. The number of urea groups is 1. The zero-order valence-electron chi connectivity index (χ0n) is 33.0. The van der Waals surface area contributed by atoms with E-state index in [2.05, 4.69) is 24.5 Å². The van der Waals surface area contributed by atoms with Gasteiger partial charge in [0.05, 0.1) is 44.0 Å². The number of aromatic carboxylic acids is 1. The van der Waals surface area contributed by atoms with E-state index >= 15 is 4.39 Å². The standard InChI is InChI=1S/C38H47BClF2N5O11/c1-37(2)19-15-23(37)38(3)24(16-19)57-39(58-38)25(14-18-8-9-21(41)26(35(51)52)29(18)54-4)44-32(48)28(20-17-22(42)30(55-5)31(56-6)27(20)40)45-36(53)47-13-12-46(11-7-10-43)33(49)34(47)50/h8-9,17,19,23-25,28H,7,10-16,43H2,1-6H3,(H,44,48)(H,45,53)(H,51,52)/t19-,23-,24+,25-,28?,38-/m0/s1. The topological polar surface area (TPSA) is 208 Å². The third-order valence-electron chi connectivity index (χ3n) is 12.3. The summed E-state index contributed by atoms with van der Waals surface area (Å²) in [6.07, 6.45) is 1.38. The van der Waals surface area contributed by atoms with Crippen molar-refractivity contribution in [3.63, 3.8) is 0 Å². The summed E-state index contributed by atoms with van der Waals surface area (Å²) in [5, 5.41) is 14.8. The van der Waals surface area contributed by atoms with Crippen molar-refractivity contribution >= 4 is 48.4 Å². The van der Waals surface area contributed by atoms with Crippen LogP contribution in [0, 0.1) is 28.9 Å². The number of halogens is 3. The van der Waals surface area contributed by atoms with Crippen LogP contribution in [0.25, 0.3) is 0 Å². The van der Waals surface area contributed by atoms with E-state index in [9.17, 15) is 33.5 Å². The Morgan fingerprint density at radius 3 is 2.33 bits per heavy atom. The highest BCUT2D eigenvalue weighted by atomic mass is 35.5. The van der Waals surface area contributed by atoms with Gasteiger partial charge in [0.2, 0.25) is 5.91 Å². The number of ether oxygens (including phenoxy) is 3. The molecule has 2 aromatic carbocycles. The van der Waals surface area contributed by atoms with Crippen molar-refractivity contribution in [2.24, 2.45) is 23.0 Å². The fourth-order valence-corrected chi connectivity index (χ4v) is 9.35. The quantitative estimate of drug-likeness (QED) is 0.160. The van der Waals surface area contributed by atoms with Crippen molar-refractivity contribution in [3.05, 3.63) is 51.5 Å². The number of benzene rings is 2. The van der Waals surface area contributed by atoms with Crippen LogP contribution in [0.2, 0.25) is 5.02 Å². The van der Waals surface area contributed by atoms with Crippen molar-refractivity contribution in [1.82, 2.24) is 20.4 Å². The molecular weight excluding hydrogens is 787 g/mol. The van der Waals surface area contributed by atoms with Gasteiger partial charge in [-0.05, 0) is 74.1 Å². The molecule has 2 heterocycles. The normalized spacial score (nSPS) is 24.4. The predicted molar refractivity (Wildman–Crippen MR) is 203 cm³/mol. The number of amides is 5. The first-order chi connectivity index (χ1) is 27.4. The summed E-state index contributed by atoms with van der Waals surface area (Å²) >= 11 is 6.72. The lowest BCUT2D eigenvalue weighted by Gasteiger charge is -2.64. The third kappa shape index (κ3) is 7.41. The zero-order chi connectivity index (χ0) is 42.4. The minimum absolute atomic E-state index is 0.00451. The fourth-order valence-electron chi connectivity index (χ4n) is 9.02. The maximum Gasteiger partial charge on any atom is 0.482 e. The third-order valence-corrected chi connectivity index (χ3v) is 12.7. The Kier molecular flexibility index (Phi) is 12.2. The molecule has 5 N–H and O–H groups in total. The second-order valence-corrected chi connectivity index (χ2v) is 16.1. The van der Waals surface area contributed by atoms with Crippen LogP contribution in [0.3, 0.4) is 0 Å². The SMILES string of the molecule is COc1c(F)cc(C(NC(=O)N2CCN(CCCN)C(=O)C2=O)C(=O)N[C@@H](Cc2ccc(F)c(C(=O)O)c2OC)B2O[C@@H]3C[C@@H]4C[C@@H](C4(C)C)[C@]3(C)O2)c(Cl)c1OC. The highest BCUT2D eigenvalue weighted by Crippen LogP contribution is 2.65. The minimum Gasteiger partial charge on any atom is -0.495 e. The number of hydrogen-bond acceptors (Lipinski definition) is 11. The van der Waals surface area contributed by atoms with Gasteiger partial charge in [-0.15, -0.1) is 0 Å². The van der Waals surface area contributed by atoms with Gasteiger partial charge < -0.3 is 49.9 Å². The Bertz CT molecular complexity index is 2010. The molecule has 1 unspecified atom stereocenters. The molecule has 314 valence electrons. The molecule has 20 heteroatoms. The van der Waals surface area contributed by atoms with E-state index in [1.54, 1.807) is 0 Å². The average molecular weight is 834 g/mol. The zero-order valence-corrected chi connectivity index (χ0v) is 33.7. The molecule has 58 heavy (non-hydrogen) atoms. The minimum atomic E-state index is -1.87. The first-order valence-electron chi connectivity index (χ1n) is 18.9. The van der Waals surface area contributed by atoms with Crippen LogP contribution in [-0.2, 0) is 30.1 Å². The van der Waals surface area contributed by atoms with E-state index in [1.165, 1.54) is 32.3 Å². The second-order valence-electron chi connectivity index (χ2n) is 15.7. The number of nitrogens with zero attached hydrogens (tertiary/aromatic N) is 2. The van der Waals surface area contributed by atoms with Crippen molar-refractivity contribution in [3.8, 4) is 17.2 Å². The Morgan fingerprint density at radius 2 is 1.71 bits per heavy atom. The molecule has 5 aliphatic rings. The highest BCUT2D eigenvalue weighted by Gasteiger charge is 2.68. The van der Waals surface area contributed by atoms with Crippen molar-refractivity contribution < 1.29 is 61.4 Å². The molecule has 7 rings (SSSR count). The molecular formula is C38H47BClF2N5O11. The number of rotatable bonds is 14. The Labute approximate surface area is 339 Å². The van der Waals surface area contributed by atoms with Gasteiger partial charge >= 0.3 is 30.9 Å². The number of imide groups is 1. The predicted octanol–water partition coefficient (Wildman–Crippen LogP) is 3.11. The lowest BCUT2D eigenvalue weighted by molar-refractivity contribution is -0.199. The summed E-state index contributed by atoms with van der Waals surface area (Å²) in [7, 11) is 2.36. The summed E-state index contributed by atoms with van der Waals surface area (Å²) in [4.78, 5) is 68.8. The number of carbonyl (C=O) groups is 5. The molecule has 2 saturated heterocycles. The van der Waals surface area contributed by atoms with E-state index in [0.717, 1.165) is 18.6 Å². The first-order valence-corrected chi connectivity index (χ1v) is 19.2. The van der Waals surface area contributed by atoms with E-state index < -0.39 is 77.4 Å². The summed E-state index contributed by atoms with van der Waals surface area (Å²) in [6.45, 7) is 6.51. The van der Waals surface area contributed by atoms with Gasteiger partial charge in [0.25, 0.3) is 0 Å². The van der Waals surface area contributed by atoms with E-state index in [-0.39, 0.29) is 77.7 Å². The highest BCUT2D eigenvalue weighted by molar-refractivity contribution is 6.48. The molecule has 5 amide bonds. The summed E-state index contributed by atoms with van der Waals surface area (Å²) < 4.78 is 59.5. The average Bonchev–Trinajstić information content (AvgIpc) is 3.55. The summed E-state index contributed by atoms with van der Waals surface area (Å²) in [5.41, 5.74) is 3.83. The number of carbonyl (C=O) groups excluding carboxylic acids is 4. The smallest absolute Gasteiger partial charge is 0.482 e. The van der Waals surface area contributed by atoms with Crippen LogP contribution in [0.1, 0.15) is 67.6 Å². The molecule has 2 aromatic rings. The van der Waals surface area contributed by atoms with Gasteiger partial charge in [-0.1, -0.05) is 31.5 Å². The van der Waals surface area contributed by atoms with Crippen LogP contribution < -0.4 is 30.6 Å². The van der Waals surface area contributed by atoms with E-state index in [4.69, 9.17) is 40.9 Å². The van der Waals surface area contributed by atoms with Gasteiger partial charge in [-0.2, -0.15) is 0 Å². The lowest BCUT2D eigenvalue weighted by Crippen LogP contribution is -2.65. The van der Waals surface area contributed by atoms with Crippen molar-refractivity contribution in [2.45, 2.75) is 70.1 Å². The molecule has 0 spiro atoms. The molecule has 2 bridgehead atoms. The largest absolute Gasteiger partial charge is 0.495 e. The molecule has 16 nitrogen and oxygen atoms in total. The van der Waals surface area contributed by atoms with Gasteiger partial charge in [-0.3, -0.25) is 19.3 Å². The molecule has 0 radical (unpaired) electrons. The number of hydrogen-bond donors (Lipinski definition) is 4. The molecule has 3 aliphatic carbocycles. The van der Waals surface area contributed by atoms with Gasteiger partial charge in [0, 0.05) is 25.2 Å². The summed E-state index contributed by atoms with van der Waals surface area (Å²) in [6, 6.07) is 0.0826. The first kappa shape index (κ1) is 42.9. The van der Waals surface area contributed by atoms with E-state index in [1.807, 2.05) is 6.92 Å². The van der Waals surface area contributed by atoms with Crippen LogP contribution in [0.5, 0.6) is 17.2 Å². The van der Waals surface area contributed by atoms with Crippen LogP contribution in [0.4, 0.5) is 13.6 Å². The van der Waals surface area contributed by atoms with E-state index in [0.29, 0.717) is 23.7 Å². The number of methoxy groups -OCH3 is 3. The van der Waals surface area contributed by atoms with Crippen LogP contribution in [-0.4, -0.2) is 117 Å². The monoisotopic (exact) mass is 833 g/mol. The number of carboxylic acid groups (broad SMARTS) is 1. The van der Waals surface area contributed by atoms with Gasteiger partial charge in [-0.25, -0.2) is 18.4 Å². The molecule has 6 atom stereocenters. The Hall–Kier alpha value is -4.72. The molecule has 5 fully saturated rings. The van der Waals surface area contributed by atoms with Crippen LogP contribution >= 0.6 is 11.6 Å². The number of nitrogens with one attached hydrogen (secondary N) is 2. The number of nitrogens with two attached hydrogens (primary N) is 1. The molecule has 0 aromatic heterocycles. The lowest BCUT2D eigenvalue weighted by atomic mass is 9.43. The number of piperazine rings is 1. The second kappa shape index (κ2) is 16.5. The van der Waals surface area contributed by atoms with Crippen molar-refractivity contribution in [1.29, 1.82) is 0 Å². The summed E-state index contributed by atoms with van der Waals surface area (Å²) in [5.74, 6) is -8.51. The Morgan fingerprint density at radius 1 is 1.02 bits per heavy atom. The van der Waals surface area contributed by atoms with Gasteiger partial charge in [0.1, 0.15) is 23.2 Å². The maximum absolute atomic E-state index is 15.6. The molecule has 2 aliphatic heterocycles. The van der Waals surface area contributed by atoms with Gasteiger partial charge in [0.15, 0.2) is 17.3 Å². The van der Waals surface area contributed by atoms with Crippen LogP contribution in [0.15, 0.2) is 18.2 Å². The van der Waals surface area contributed by atoms with Crippen molar-refractivity contribution in [2.75, 3.05) is 47.5 Å². The molecule has 3 saturated carbocycles.